The first-order chi connectivity index (χ1) is 16.7. The molecule has 2 saturated heterocycles. The van der Waals surface area contributed by atoms with Gasteiger partial charge in [-0.1, -0.05) is 5.92 Å². The van der Waals surface area contributed by atoms with E-state index in [0.717, 1.165) is 25.7 Å². The lowest BCUT2D eigenvalue weighted by atomic mass is 9.94. The van der Waals surface area contributed by atoms with Gasteiger partial charge in [0.05, 0.1) is 6.10 Å². The Morgan fingerprint density at radius 2 is 1.91 bits per heavy atom. The van der Waals surface area contributed by atoms with Crippen molar-refractivity contribution in [1.29, 1.82) is 0 Å². The lowest BCUT2D eigenvalue weighted by Gasteiger charge is -2.30. The largest absolute Gasteiger partial charge is 0.465 e. The summed E-state index contributed by atoms with van der Waals surface area (Å²) in [5.41, 5.74) is 9.93. The molecular formula is C22H27N7O6. The van der Waals surface area contributed by atoms with E-state index in [1.165, 1.54) is 15.8 Å². The van der Waals surface area contributed by atoms with Crippen molar-refractivity contribution in [3.63, 3.8) is 0 Å². The van der Waals surface area contributed by atoms with Crippen molar-refractivity contribution in [3.8, 4) is 11.8 Å². The van der Waals surface area contributed by atoms with Gasteiger partial charge >= 0.3 is 6.09 Å². The number of imidazole rings is 1. The highest BCUT2D eigenvalue weighted by Gasteiger charge is 2.63. The Morgan fingerprint density at radius 3 is 2.54 bits per heavy atom. The van der Waals surface area contributed by atoms with E-state index in [4.69, 9.17) is 21.3 Å². The summed E-state index contributed by atoms with van der Waals surface area (Å²) in [6.07, 6.45) is 0.244. The van der Waals surface area contributed by atoms with E-state index >= 15 is 0 Å². The molecule has 5 rings (SSSR count). The zero-order valence-electron chi connectivity index (χ0n) is 18.9. The second-order valence-electron chi connectivity index (χ2n) is 9.35. The number of rotatable bonds is 4. The molecule has 0 aromatic carbocycles. The molecule has 186 valence electrons. The van der Waals surface area contributed by atoms with Crippen molar-refractivity contribution in [2.24, 2.45) is 17.6 Å². The minimum atomic E-state index is -2.11. The maximum Gasteiger partial charge on any atom is 0.407 e. The number of carboxylic acid groups (broad SMARTS) is 1. The van der Waals surface area contributed by atoms with Crippen molar-refractivity contribution in [2.75, 3.05) is 18.8 Å². The van der Waals surface area contributed by atoms with Crippen molar-refractivity contribution in [1.82, 2.24) is 24.4 Å². The molecule has 35 heavy (non-hydrogen) atoms. The smallest absolute Gasteiger partial charge is 0.407 e. The van der Waals surface area contributed by atoms with Crippen LogP contribution in [0.5, 0.6) is 0 Å². The number of carbonyl (C=O) groups excluding carboxylic acids is 1. The third kappa shape index (κ3) is 3.93. The summed E-state index contributed by atoms with van der Waals surface area (Å²) >= 11 is 0. The minimum absolute atomic E-state index is 0.0270. The molecule has 1 saturated carbocycles. The van der Waals surface area contributed by atoms with Crippen LogP contribution in [0.2, 0.25) is 0 Å². The van der Waals surface area contributed by atoms with Crippen LogP contribution in [-0.2, 0) is 15.3 Å². The van der Waals surface area contributed by atoms with Crippen molar-refractivity contribution < 1.29 is 29.6 Å². The molecule has 0 spiro atoms. The molecule has 4 heterocycles. The zero-order valence-corrected chi connectivity index (χ0v) is 18.9. The quantitative estimate of drug-likeness (QED) is 0.341. The van der Waals surface area contributed by atoms with Crippen LogP contribution in [0, 0.1) is 23.7 Å². The lowest BCUT2D eigenvalue weighted by molar-refractivity contribution is -0.172. The van der Waals surface area contributed by atoms with Crippen LogP contribution in [0.15, 0.2) is 6.33 Å². The topological polar surface area (TPSA) is 203 Å². The monoisotopic (exact) mass is 485 g/mol. The number of hydrogen-bond donors (Lipinski definition) is 5. The van der Waals surface area contributed by atoms with Gasteiger partial charge in [0, 0.05) is 19.5 Å². The summed E-state index contributed by atoms with van der Waals surface area (Å²) in [5.74, 6) is 5.30. The van der Waals surface area contributed by atoms with E-state index in [9.17, 15) is 19.8 Å². The molecule has 0 radical (unpaired) electrons. The Hall–Kier alpha value is -3.47. The van der Waals surface area contributed by atoms with Gasteiger partial charge in [0.1, 0.15) is 24.1 Å². The maximum atomic E-state index is 12.6. The molecule has 4 unspecified atom stereocenters. The summed E-state index contributed by atoms with van der Waals surface area (Å²) in [4.78, 5) is 37.8. The molecule has 0 bridgehead atoms. The summed E-state index contributed by atoms with van der Waals surface area (Å²) in [6.45, 7) is 0.947. The highest BCUT2D eigenvalue weighted by molar-refractivity contribution is 5.87. The second-order valence-corrected chi connectivity index (χ2v) is 9.35. The molecule has 7 N–H and O–H groups in total. The Labute approximate surface area is 200 Å². The van der Waals surface area contributed by atoms with Crippen molar-refractivity contribution >= 4 is 29.0 Å². The molecule has 2 amide bonds. The van der Waals surface area contributed by atoms with Gasteiger partial charge in [-0.15, -0.1) is 0 Å². The number of likely N-dealkylation sites (tertiary alicyclic amines) is 1. The Balaban J connectivity index is 1.43. The Morgan fingerprint density at radius 1 is 1.20 bits per heavy atom. The van der Waals surface area contributed by atoms with Gasteiger partial charge in [0.25, 0.3) is 11.6 Å². The number of ether oxygens (including phenoxy) is 1. The summed E-state index contributed by atoms with van der Waals surface area (Å²) < 4.78 is 7.14. The predicted molar refractivity (Wildman–Crippen MR) is 120 cm³/mol. The molecule has 13 nitrogen and oxygen atoms in total. The first-order valence-corrected chi connectivity index (χ1v) is 11.5. The third-order valence-corrected chi connectivity index (χ3v) is 7.07. The van der Waals surface area contributed by atoms with Crippen LogP contribution in [0.3, 0.4) is 0 Å². The number of amides is 2. The SMILES string of the molecule is NC(=O)C1(n2cnc3c(N)nc(C#CCC4CCN(C(=O)O)CC4)nc32)OC(C2CC2)C(O)C1O. The molecule has 3 aliphatic rings. The van der Waals surface area contributed by atoms with Gasteiger partial charge in [-0.2, -0.15) is 0 Å². The normalized spacial score (nSPS) is 29.2. The zero-order chi connectivity index (χ0) is 24.9. The fourth-order valence-corrected chi connectivity index (χ4v) is 4.90. The van der Waals surface area contributed by atoms with E-state index < -0.39 is 36.0 Å². The predicted octanol–water partition coefficient (Wildman–Crippen LogP) is -0.791. The lowest BCUT2D eigenvalue weighted by Crippen LogP contribution is -2.54. The van der Waals surface area contributed by atoms with Gasteiger partial charge in [-0.05, 0) is 43.4 Å². The highest BCUT2D eigenvalue weighted by atomic mass is 16.6. The molecule has 3 fully saturated rings. The molecule has 2 aromatic rings. The fourth-order valence-electron chi connectivity index (χ4n) is 4.90. The van der Waals surface area contributed by atoms with Gasteiger partial charge in [-0.3, -0.25) is 9.36 Å². The minimum Gasteiger partial charge on any atom is -0.465 e. The number of aromatic nitrogens is 4. The van der Waals surface area contributed by atoms with Crippen LogP contribution in [0.1, 0.15) is 37.9 Å². The Bertz CT molecular complexity index is 1230. The number of anilines is 1. The molecule has 2 aliphatic heterocycles. The molecular weight excluding hydrogens is 458 g/mol. The van der Waals surface area contributed by atoms with Crippen LogP contribution < -0.4 is 11.5 Å². The number of nitrogens with two attached hydrogens (primary N) is 2. The molecule has 13 heteroatoms. The van der Waals surface area contributed by atoms with Crippen LogP contribution in [-0.4, -0.2) is 83.1 Å². The van der Waals surface area contributed by atoms with E-state index in [-0.39, 0.29) is 34.6 Å². The number of primary amides is 1. The van der Waals surface area contributed by atoms with Gasteiger partial charge in [0.2, 0.25) is 5.82 Å². The van der Waals surface area contributed by atoms with E-state index in [1.54, 1.807) is 0 Å². The number of hydrogen-bond acceptors (Lipinski definition) is 9. The number of nitrogens with zero attached hydrogens (tertiary/aromatic N) is 5. The average Bonchev–Trinajstić information content (AvgIpc) is 3.52. The first-order valence-electron chi connectivity index (χ1n) is 11.5. The second kappa shape index (κ2) is 8.63. The van der Waals surface area contributed by atoms with Crippen molar-refractivity contribution in [2.45, 2.75) is 56.1 Å². The standard InChI is InChI=1S/C22H27N7O6/c23-18-14-19(27-13(26-18)3-1-2-11-6-8-28(9-7-11)21(33)34)29(10-25-14)22(20(24)32)17(31)15(30)16(35-22)12-4-5-12/h10-12,15-17,30-31H,2,4-9H2,(H2,24,32)(H,33,34)(H2,23,26,27). The van der Waals surface area contributed by atoms with Crippen LogP contribution in [0.4, 0.5) is 10.6 Å². The molecule has 1 aliphatic carbocycles. The third-order valence-electron chi connectivity index (χ3n) is 7.07. The number of aliphatic hydroxyl groups excluding tert-OH is 2. The number of nitrogen functional groups attached to an aromatic ring is 1. The Kier molecular flexibility index (Phi) is 5.74. The molecule has 4 atom stereocenters. The van der Waals surface area contributed by atoms with Crippen LogP contribution >= 0.6 is 0 Å². The average molecular weight is 486 g/mol. The van der Waals surface area contributed by atoms with E-state index in [2.05, 4.69) is 26.8 Å². The van der Waals surface area contributed by atoms with Crippen molar-refractivity contribution in [3.05, 3.63) is 12.2 Å². The van der Waals surface area contributed by atoms with E-state index in [1.807, 2.05) is 0 Å². The van der Waals surface area contributed by atoms with Gasteiger partial charge in [-0.25, -0.2) is 19.7 Å². The summed E-state index contributed by atoms with van der Waals surface area (Å²) in [5, 5.41) is 30.5. The number of carbonyl (C=O) groups is 2. The number of fused-ring (bicyclic) bond motifs is 1. The fraction of sp³-hybridized carbons (Fsp3) is 0.591. The van der Waals surface area contributed by atoms with E-state index in [0.29, 0.717) is 19.5 Å². The summed E-state index contributed by atoms with van der Waals surface area (Å²) in [7, 11) is 0. The molecule has 2 aromatic heterocycles. The van der Waals surface area contributed by atoms with Gasteiger partial charge < -0.3 is 36.4 Å². The van der Waals surface area contributed by atoms with Crippen LogP contribution in [0.25, 0.3) is 11.2 Å². The highest BCUT2D eigenvalue weighted by Crippen LogP contribution is 2.46. The first kappa shape index (κ1) is 23.3. The summed E-state index contributed by atoms with van der Waals surface area (Å²) in [6, 6.07) is 0. The maximum absolute atomic E-state index is 12.6. The number of aliphatic hydroxyl groups is 2. The van der Waals surface area contributed by atoms with Gasteiger partial charge in [0.15, 0.2) is 11.5 Å². The number of piperidine rings is 1.